The van der Waals surface area contributed by atoms with Gasteiger partial charge in [0.25, 0.3) is 0 Å². The van der Waals surface area contributed by atoms with Crippen LogP contribution in [0.15, 0.2) is 42.6 Å². The number of aromatic amines is 1. The number of benzene rings is 2. The normalized spacial score (nSPS) is 10.8. The highest BCUT2D eigenvalue weighted by atomic mass is 35.5. The van der Waals surface area contributed by atoms with Gasteiger partial charge in [-0.3, -0.25) is 5.10 Å². The molecule has 1 aromatic heterocycles. The number of fused-ring (bicyclic) bond motifs is 1. The summed E-state index contributed by atoms with van der Waals surface area (Å²) in [5.41, 5.74) is 2.96. The van der Waals surface area contributed by atoms with Crippen LogP contribution in [-0.4, -0.2) is 15.3 Å². The second-order valence-corrected chi connectivity index (χ2v) is 4.69. The lowest BCUT2D eigenvalue weighted by Crippen LogP contribution is -1.99. The van der Waals surface area contributed by atoms with E-state index < -0.39 is 0 Å². The van der Waals surface area contributed by atoms with Crippen molar-refractivity contribution < 1.29 is 5.11 Å². The average Bonchev–Trinajstić information content (AvgIpc) is 2.89. The number of halogens is 1. The Bertz CT molecular complexity index is 724. The molecular formula is C14H12ClN3O. The van der Waals surface area contributed by atoms with Crippen molar-refractivity contribution in [2.24, 2.45) is 0 Å². The van der Waals surface area contributed by atoms with Gasteiger partial charge in [-0.1, -0.05) is 29.8 Å². The van der Waals surface area contributed by atoms with Gasteiger partial charge < -0.3 is 10.4 Å². The molecule has 0 aliphatic carbocycles. The molecule has 4 nitrogen and oxygen atoms in total. The molecule has 0 aliphatic heterocycles. The summed E-state index contributed by atoms with van der Waals surface area (Å²) in [4.78, 5) is 0. The summed E-state index contributed by atoms with van der Waals surface area (Å²) in [6.07, 6.45) is 1.79. The van der Waals surface area contributed by atoms with Gasteiger partial charge >= 0.3 is 0 Å². The van der Waals surface area contributed by atoms with E-state index in [2.05, 4.69) is 15.5 Å². The zero-order valence-electron chi connectivity index (χ0n) is 10.0. The number of nitrogens with zero attached hydrogens (tertiary/aromatic N) is 1. The minimum absolute atomic E-state index is 0.0982. The Labute approximate surface area is 115 Å². The van der Waals surface area contributed by atoms with Crippen molar-refractivity contribution in [2.75, 3.05) is 5.32 Å². The number of nitrogens with one attached hydrogen (secondary N) is 2. The van der Waals surface area contributed by atoms with Gasteiger partial charge in [-0.15, -0.1) is 0 Å². The predicted octanol–water partition coefficient (Wildman–Crippen LogP) is 3.53. The highest BCUT2D eigenvalue weighted by Crippen LogP contribution is 2.25. The van der Waals surface area contributed by atoms with Crippen molar-refractivity contribution in [1.29, 1.82) is 0 Å². The molecule has 0 amide bonds. The van der Waals surface area contributed by atoms with Gasteiger partial charge in [-0.05, 0) is 23.8 Å². The van der Waals surface area contributed by atoms with Gasteiger partial charge in [0.1, 0.15) is 5.75 Å². The first-order valence-electron chi connectivity index (χ1n) is 5.87. The van der Waals surface area contributed by atoms with Crippen LogP contribution in [0.25, 0.3) is 10.9 Å². The van der Waals surface area contributed by atoms with Crippen molar-refractivity contribution in [3.63, 3.8) is 0 Å². The topological polar surface area (TPSA) is 60.9 Å². The number of H-pyrrole nitrogens is 1. The Kier molecular flexibility index (Phi) is 3.01. The van der Waals surface area contributed by atoms with E-state index in [1.54, 1.807) is 18.3 Å². The molecule has 3 N–H and O–H groups in total. The molecule has 2 aromatic carbocycles. The molecule has 0 aliphatic rings. The molecule has 96 valence electrons. The first kappa shape index (κ1) is 11.9. The van der Waals surface area contributed by atoms with E-state index >= 15 is 0 Å². The molecule has 3 rings (SSSR count). The van der Waals surface area contributed by atoms with Crippen LogP contribution in [0.5, 0.6) is 5.75 Å². The van der Waals surface area contributed by atoms with Crippen molar-refractivity contribution in [3.8, 4) is 5.75 Å². The monoisotopic (exact) mass is 273 g/mol. The molecule has 0 saturated heterocycles. The number of aromatic hydroxyl groups is 1. The minimum Gasteiger partial charge on any atom is -0.506 e. The van der Waals surface area contributed by atoms with E-state index in [1.165, 1.54) is 0 Å². The molecular weight excluding hydrogens is 262 g/mol. The Balaban J connectivity index is 1.82. The second kappa shape index (κ2) is 4.82. The van der Waals surface area contributed by atoms with Gasteiger partial charge in [-0.2, -0.15) is 5.10 Å². The standard InChI is InChI=1S/C14H12ClN3O/c15-11-6-9(4-5-13(11)19)7-16-12-3-1-2-10-8-17-18-14(10)12/h1-6,8,16,19H,7H2,(H,17,18). The number of phenolic OH excluding ortho intramolecular Hbond substituents is 1. The lowest BCUT2D eigenvalue weighted by atomic mass is 10.2. The van der Waals surface area contributed by atoms with Gasteiger partial charge in [0.05, 0.1) is 22.4 Å². The number of aromatic nitrogens is 2. The van der Waals surface area contributed by atoms with Crippen molar-refractivity contribution in [2.45, 2.75) is 6.54 Å². The van der Waals surface area contributed by atoms with Crippen LogP contribution in [0.1, 0.15) is 5.56 Å². The Morgan fingerprint density at radius 1 is 1.26 bits per heavy atom. The fraction of sp³-hybridized carbons (Fsp3) is 0.0714. The number of hydrogen-bond acceptors (Lipinski definition) is 3. The summed E-state index contributed by atoms with van der Waals surface area (Å²) in [5.74, 6) is 0.0982. The van der Waals surface area contributed by atoms with E-state index in [0.717, 1.165) is 22.2 Å². The summed E-state index contributed by atoms with van der Waals surface area (Å²) < 4.78 is 0. The minimum atomic E-state index is 0.0982. The van der Waals surface area contributed by atoms with E-state index in [9.17, 15) is 5.11 Å². The molecule has 3 aromatic rings. The highest BCUT2D eigenvalue weighted by molar-refractivity contribution is 6.32. The molecule has 0 bridgehead atoms. The maximum Gasteiger partial charge on any atom is 0.134 e. The van der Waals surface area contributed by atoms with E-state index in [0.29, 0.717) is 11.6 Å². The van der Waals surface area contributed by atoms with Crippen LogP contribution >= 0.6 is 11.6 Å². The summed E-state index contributed by atoms with van der Waals surface area (Å²) >= 11 is 5.88. The van der Waals surface area contributed by atoms with Crippen molar-refractivity contribution >= 4 is 28.2 Å². The maximum atomic E-state index is 9.38. The third-order valence-corrected chi connectivity index (χ3v) is 3.27. The molecule has 1 heterocycles. The SMILES string of the molecule is Oc1ccc(CNc2cccc3cn[nH]c23)cc1Cl. The quantitative estimate of drug-likeness (QED) is 0.684. The Morgan fingerprint density at radius 2 is 2.16 bits per heavy atom. The molecule has 19 heavy (non-hydrogen) atoms. The van der Waals surface area contributed by atoms with E-state index in [-0.39, 0.29) is 5.75 Å². The zero-order valence-corrected chi connectivity index (χ0v) is 10.8. The first-order valence-corrected chi connectivity index (χ1v) is 6.25. The van der Waals surface area contributed by atoms with Gasteiger partial charge in [-0.25, -0.2) is 0 Å². The van der Waals surface area contributed by atoms with Crippen LogP contribution < -0.4 is 5.32 Å². The summed E-state index contributed by atoms with van der Waals surface area (Å²) in [7, 11) is 0. The Hall–Kier alpha value is -2.20. The molecule has 0 radical (unpaired) electrons. The fourth-order valence-corrected chi connectivity index (χ4v) is 2.18. The summed E-state index contributed by atoms with van der Waals surface area (Å²) in [6.45, 7) is 0.623. The molecule has 0 spiro atoms. The van der Waals surface area contributed by atoms with Crippen LogP contribution in [-0.2, 0) is 6.54 Å². The van der Waals surface area contributed by atoms with Crippen molar-refractivity contribution in [1.82, 2.24) is 10.2 Å². The van der Waals surface area contributed by atoms with E-state index in [4.69, 9.17) is 11.6 Å². The van der Waals surface area contributed by atoms with Crippen LogP contribution in [0.4, 0.5) is 5.69 Å². The van der Waals surface area contributed by atoms with Crippen LogP contribution in [0.3, 0.4) is 0 Å². The second-order valence-electron chi connectivity index (χ2n) is 4.28. The summed E-state index contributed by atoms with van der Waals surface area (Å²) in [6, 6.07) is 11.1. The Morgan fingerprint density at radius 3 is 3.00 bits per heavy atom. The first-order chi connectivity index (χ1) is 9.24. The average molecular weight is 274 g/mol. The zero-order chi connectivity index (χ0) is 13.2. The largest absolute Gasteiger partial charge is 0.506 e. The third kappa shape index (κ3) is 2.35. The van der Waals surface area contributed by atoms with Gasteiger partial charge in [0.15, 0.2) is 0 Å². The van der Waals surface area contributed by atoms with Crippen molar-refractivity contribution in [3.05, 3.63) is 53.2 Å². The number of rotatable bonds is 3. The fourth-order valence-electron chi connectivity index (χ4n) is 1.97. The lowest BCUT2D eigenvalue weighted by molar-refractivity contribution is 0.475. The third-order valence-electron chi connectivity index (χ3n) is 2.97. The van der Waals surface area contributed by atoms with E-state index in [1.807, 2.05) is 24.3 Å². The molecule has 5 heteroatoms. The van der Waals surface area contributed by atoms with Crippen LogP contribution in [0, 0.1) is 0 Å². The number of anilines is 1. The van der Waals surface area contributed by atoms with Gasteiger partial charge in [0, 0.05) is 11.9 Å². The van der Waals surface area contributed by atoms with Crippen LogP contribution in [0.2, 0.25) is 5.02 Å². The molecule has 0 saturated carbocycles. The molecule has 0 atom stereocenters. The van der Waals surface area contributed by atoms with Gasteiger partial charge in [0.2, 0.25) is 0 Å². The number of phenols is 1. The summed E-state index contributed by atoms with van der Waals surface area (Å²) in [5, 5.41) is 21.1. The molecule has 0 fully saturated rings. The number of para-hydroxylation sites is 1. The molecule has 0 unspecified atom stereocenters. The lowest BCUT2D eigenvalue weighted by Gasteiger charge is -2.08. The number of hydrogen-bond donors (Lipinski definition) is 3. The highest BCUT2D eigenvalue weighted by Gasteiger charge is 2.03. The predicted molar refractivity (Wildman–Crippen MR) is 76.5 cm³/mol. The maximum absolute atomic E-state index is 9.38. The smallest absolute Gasteiger partial charge is 0.134 e.